The molecule has 0 saturated heterocycles. The van der Waals surface area contributed by atoms with E-state index in [1.807, 2.05) is 12.1 Å². The Bertz CT molecular complexity index is 565. The molecule has 2 aromatic rings. The van der Waals surface area contributed by atoms with Gasteiger partial charge in [0, 0.05) is 7.05 Å². The van der Waals surface area contributed by atoms with Gasteiger partial charge in [-0.25, -0.2) is 4.68 Å². The van der Waals surface area contributed by atoms with Crippen molar-refractivity contribution in [3.8, 4) is 5.75 Å². The van der Waals surface area contributed by atoms with Crippen LogP contribution in [0.2, 0.25) is 0 Å². The lowest BCUT2D eigenvalue weighted by Crippen LogP contribution is -2.18. The van der Waals surface area contributed by atoms with E-state index in [9.17, 15) is 9.90 Å². The Hall–Kier alpha value is -2.44. The third kappa shape index (κ3) is 2.87. The number of hydrogen-bond donors (Lipinski definition) is 1. The van der Waals surface area contributed by atoms with Crippen molar-refractivity contribution in [2.75, 3.05) is 7.11 Å². The van der Waals surface area contributed by atoms with Crippen molar-refractivity contribution in [3.05, 3.63) is 35.7 Å². The average molecular weight is 262 g/mol. The molecule has 1 aromatic carbocycles. The molecule has 0 radical (unpaired) electrons. The summed E-state index contributed by atoms with van der Waals surface area (Å²) in [5, 5.41) is 20.2. The Balaban J connectivity index is 2.21. The van der Waals surface area contributed by atoms with Crippen molar-refractivity contribution < 1.29 is 14.6 Å². The summed E-state index contributed by atoms with van der Waals surface area (Å²) in [6.45, 7) is 0. The summed E-state index contributed by atoms with van der Waals surface area (Å²) < 4.78 is 6.44. The lowest BCUT2D eigenvalue weighted by Gasteiger charge is -2.11. The van der Waals surface area contributed by atoms with Gasteiger partial charge in [-0.1, -0.05) is 12.1 Å². The van der Waals surface area contributed by atoms with Crippen LogP contribution < -0.4 is 4.74 Å². The first-order chi connectivity index (χ1) is 9.11. The van der Waals surface area contributed by atoms with Gasteiger partial charge in [0.25, 0.3) is 0 Å². The fourth-order valence-electron chi connectivity index (χ4n) is 1.82. The third-order valence-corrected chi connectivity index (χ3v) is 2.86. The topological polar surface area (TPSA) is 90.1 Å². The van der Waals surface area contributed by atoms with Crippen molar-refractivity contribution in [1.82, 2.24) is 20.2 Å². The number of rotatable bonds is 5. The molecule has 1 N–H and O–H groups in total. The molecule has 100 valence electrons. The fourth-order valence-corrected chi connectivity index (χ4v) is 1.82. The van der Waals surface area contributed by atoms with E-state index in [1.54, 1.807) is 26.3 Å². The smallest absolute Gasteiger partial charge is 0.314 e. The highest BCUT2D eigenvalue weighted by Crippen LogP contribution is 2.20. The van der Waals surface area contributed by atoms with Gasteiger partial charge in [-0.15, -0.1) is 5.10 Å². The molecule has 0 spiro atoms. The van der Waals surface area contributed by atoms with E-state index in [0.717, 1.165) is 11.3 Å². The number of tetrazole rings is 1. The van der Waals surface area contributed by atoms with Gasteiger partial charge in [0.2, 0.25) is 0 Å². The fraction of sp³-hybridized carbons (Fsp3) is 0.333. The van der Waals surface area contributed by atoms with E-state index < -0.39 is 11.9 Å². The van der Waals surface area contributed by atoms with Gasteiger partial charge < -0.3 is 9.84 Å². The summed E-state index contributed by atoms with van der Waals surface area (Å²) in [4.78, 5) is 11.3. The lowest BCUT2D eigenvalue weighted by atomic mass is 9.98. The van der Waals surface area contributed by atoms with Gasteiger partial charge in [0.15, 0.2) is 5.82 Å². The van der Waals surface area contributed by atoms with Gasteiger partial charge in [-0.2, -0.15) is 0 Å². The van der Waals surface area contributed by atoms with E-state index >= 15 is 0 Å². The number of carboxylic acids is 1. The van der Waals surface area contributed by atoms with Crippen LogP contribution in [-0.2, 0) is 18.3 Å². The van der Waals surface area contributed by atoms with Gasteiger partial charge in [-0.3, -0.25) is 4.79 Å². The van der Waals surface area contributed by atoms with Gasteiger partial charge in [0.1, 0.15) is 11.7 Å². The number of ether oxygens (including phenoxy) is 1. The summed E-state index contributed by atoms with van der Waals surface area (Å²) in [7, 11) is 3.21. The first-order valence-electron chi connectivity index (χ1n) is 5.70. The standard InChI is InChI=1S/C12H14N4O3/c1-16-11(13-14-15-16)10(12(17)18)7-8-3-5-9(19-2)6-4-8/h3-6,10H,7H2,1-2H3,(H,17,18). The summed E-state index contributed by atoms with van der Waals surface area (Å²) in [6, 6.07) is 7.25. The largest absolute Gasteiger partial charge is 0.497 e. The van der Waals surface area contributed by atoms with Crippen molar-refractivity contribution in [2.45, 2.75) is 12.3 Å². The number of nitrogens with zero attached hydrogens (tertiary/aromatic N) is 4. The zero-order valence-corrected chi connectivity index (χ0v) is 10.6. The molecule has 0 aliphatic rings. The van der Waals surface area contributed by atoms with Crippen LogP contribution >= 0.6 is 0 Å². The predicted octanol–water partition coefficient (Wildman–Crippen LogP) is 0.630. The highest BCUT2D eigenvalue weighted by atomic mass is 16.5. The molecule has 0 saturated carbocycles. The van der Waals surface area contributed by atoms with Crippen LogP contribution in [0.4, 0.5) is 0 Å². The van der Waals surface area contributed by atoms with Crippen molar-refractivity contribution in [1.29, 1.82) is 0 Å². The number of aryl methyl sites for hydroxylation is 1. The molecule has 1 heterocycles. The molecular formula is C12H14N4O3. The van der Waals surface area contributed by atoms with E-state index in [-0.39, 0.29) is 0 Å². The van der Waals surface area contributed by atoms with Crippen molar-refractivity contribution >= 4 is 5.97 Å². The highest BCUT2D eigenvalue weighted by Gasteiger charge is 2.25. The highest BCUT2D eigenvalue weighted by molar-refractivity contribution is 5.75. The molecule has 19 heavy (non-hydrogen) atoms. The predicted molar refractivity (Wildman–Crippen MR) is 65.9 cm³/mol. The zero-order chi connectivity index (χ0) is 13.8. The Morgan fingerprint density at radius 2 is 2.11 bits per heavy atom. The van der Waals surface area contributed by atoms with Crippen LogP contribution in [0, 0.1) is 0 Å². The molecule has 0 bridgehead atoms. The first kappa shape index (κ1) is 13.0. The number of hydrogen-bond acceptors (Lipinski definition) is 5. The zero-order valence-electron chi connectivity index (χ0n) is 10.6. The number of aliphatic carboxylic acids is 1. The molecule has 1 atom stereocenters. The second-order valence-electron chi connectivity index (χ2n) is 4.10. The SMILES string of the molecule is COc1ccc(CC(C(=O)O)c2nnnn2C)cc1. The molecule has 0 amide bonds. The maximum absolute atomic E-state index is 11.3. The Labute approximate surface area is 109 Å². The Kier molecular flexibility index (Phi) is 3.74. The number of aromatic nitrogens is 4. The molecule has 1 aromatic heterocycles. The summed E-state index contributed by atoms with van der Waals surface area (Å²) in [5.41, 5.74) is 0.885. The second kappa shape index (κ2) is 5.47. The number of benzene rings is 1. The minimum Gasteiger partial charge on any atom is -0.497 e. The van der Waals surface area contributed by atoms with Gasteiger partial charge in [0.05, 0.1) is 7.11 Å². The molecule has 0 fully saturated rings. The van der Waals surface area contributed by atoms with Crippen LogP contribution in [0.3, 0.4) is 0 Å². The lowest BCUT2D eigenvalue weighted by molar-refractivity contribution is -0.139. The van der Waals surface area contributed by atoms with Gasteiger partial charge in [-0.05, 0) is 34.5 Å². The monoisotopic (exact) mass is 262 g/mol. The van der Waals surface area contributed by atoms with E-state index in [2.05, 4.69) is 15.5 Å². The van der Waals surface area contributed by atoms with E-state index in [0.29, 0.717) is 12.2 Å². The van der Waals surface area contributed by atoms with Crippen LogP contribution in [0.15, 0.2) is 24.3 Å². The molecule has 0 aliphatic heterocycles. The minimum atomic E-state index is -0.950. The maximum atomic E-state index is 11.3. The number of carbonyl (C=O) groups is 1. The molecular weight excluding hydrogens is 248 g/mol. The summed E-state index contributed by atoms with van der Waals surface area (Å²) in [6.07, 6.45) is 0.327. The summed E-state index contributed by atoms with van der Waals surface area (Å²) in [5.74, 6) is -0.651. The minimum absolute atomic E-state index is 0.327. The molecule has 7 nitrogen and oxygen atoms in total. The number of carboxylic acid groups (broad SMARTS) is 1. The molecule has 7 heteroatoms. The Morgan fingerprint density at radius 3 is 2.58 bits per heavy atom. The van der Waals surface area contributed by atoms with Crippen molar-refractivity contribution in [2.24, 2.45) is 7.05 Å². The quantitative estimate of drug-likeness (QED) is 0.850. The second-order valence-corrected chi connectivity index (χ2v) is 4.10. The van der Waals surface area contributed by atoms with E-state index in [4.69, 9.17) is 4.74 Å². The van der Waals surface area contributed by atoms with Gasteiger partial charge >= 0.3 is 5.97 Å². The van der Waals surface area contributed by atoms with Crippen LogP contribution in [0.5, 0.6) is 5.75 Å². The normalized spacial score (nSPS) is 12.1. The van der Waals surface area contributed by atoms with Crippen LogP contribution in [0.25, 0.3) is 0 Å². The van der Waals surface area contributed by atoms with Crippen LogP contribution in [0.1, 0.15) is 17.3 Å². The van der Waals surface area contributed by atoms with Crippen molar-refractivity contribution in [3.63, 3.8) is 0 Å². The number of methoxy groups -OCH3 is 1. The molecule has 0 aliphatic carbocycles. The molecule has 2 rings (SSSR count). The Morgan fingerprint density at radius 1 is 1.42 bits per heavy atom. The maximum Gasteiger partial charge on any atom is 0.314 e. The average Bonchev–Trinajstić information content (AvgIpc) is 2.82. The molecule has 1 unspecified atom stereocenters. The summed E-state index contributed by atoms with van der Waals surface area (Å²) >= 11 is 0. The first-order valence-corrected chi connectivity index (χ1v) is 5.70. The third-order valence-electron chi connectivity index (χ3n) is 2.86. The van der Waals surface area contributed by atoms with E-state index in [1.165, 1.54) is 4.68 Å². The van der Waals surface area contributed by atoms with Crippen LogP contribution in [-0.4, -0.2) is 38.4 Å².